The number of nitrogens with zero attached hydrogens (tertiary/aromatic N) is 1. The molecule has 2 amide bonds. The zero-order chi connectivity index (χ0) is 22.1. The molecule has 4 rings (SSSR count). The largest absolute Gasteiger partial charge is 0.322 e. The van der Waals surface area contributed by atoms with Gasteiger partial charge in [0.05, 0.1) is 21.5 Å². The number of hydrogen-bond acceptors (Lipinski definition) is 3. The third kappa shape index (κ3) is 4.42. The number of benzene rings is 3. The third-order valence-corrected chi connectivity index (χ3v) is 6.93. The van der Waals surface area contributed by atoms with Gasteiger partial charge in [-0.25, -0.2) is 4.39 Å². The topological polar surface area (TPSA) is 49.4 Å². The van der Waals surface area contributed by atoms with Crippen molar-refractivity contribution in [2.75, 3.05) is 16.0 Å². The maximum atomic E-state index is 14.1. The van der Waals surface area contributed by atoms with Crippen molar-refractivity contribution in [1.29, 1.82) is 0 Å². The molecule has 1 heterocycles. The van der Waals surface area contributed by atoms with Crippen LogP contribution in [0.15, 0.2) is 60.7 Å². The molecule has 1 saturated heterocycles. The van der Waals surface area contributed by atoms with Gasteiger partial charge in [-0.2, -0.15) is 0 Å². The Morgan fingerprint density at radius 2 is 1.87 bits per heavy atom. The first-order chi connectivity index (χ1) is 14.8. The molecule has 1 N–H and O–H groups in total. The molecule has 0 aliphatic carbocycles. The molecule has 158 valence electrons. The van der Waals surface area contributed by atoms with Gasteiger partial charge in [-0.05, 0) is 55.0 Å². The fraction of sp³-hybridized carbons (Fsp3) is 0.130. The highest BCUT2D eigenvalue weighted by atomic mass is 35.5. The summed E-state index contributed by atoms with van der Waals surface area (Å²) in [5.41, 5.74) is 2.75. The second-order valence-corrected chi connectivity index (χ2v) is 8.90. The minimum atomic E-state index is -0.358. The van der Waals surface area contributed by atoms with Crippen molar-refractivity contribution >= 4 is 58.2 Å². The van der Waals surface area contributed by atoms with E-state index in [0.717, 1.165) is 5.56 Å². The van der Waals surface area contributed by atoms with E-state index in [-0.39, 0.29) is 23.0 Å². The van der Waals surface area contributed by atoms with Gasteiger partial charge in [0.15, 0.2) is 0 Å². The standard InChI is InChI=1S/C23H17Cl2FN2O2S/c1-13-19(26)6-3-7-20(13)28-21(29)12-31-23(28)15-4-2-5-16(10-15)27-22(30)14-8-9-17(24)18(25)11-14/h2-11,23H,12H2,1H3,(H,27,30)/t23-/m0/s1. The van der Waals surface area contributed by atoms with Crippen molar-refractivity contribution in [3.63, 3.8) is 0 Å². The summed E-state index contributed by atoms with van der Waals surface area (Å²) in [6.45, 7) is 1.66. The third-order valence-electron chi connectivity index (χ3n) is 4.98. The monoisotopic (exact) mass is 474 g/mol. The molecular weight excluding hydrogens is 458 g/mol. The van der Waals surface area contributed by atoms with Crippen molar-refractivity contribution in [2.24, 2.45) is 0 Å². The van der Waals surface area contributed by atoms with Crippen molar-refractivity contribution in [3.05, 3.63) is 93.2 Å². The number of hydrogen-bond donors (Lipinski definition) is 1. The lowest BCUT2D eigenvalue weighted by Crippen LogP contribution is -2.28. The van der Waals surface area contributed by atoms with Gasteiger partial charge in [0.25, 0.3) is 5.91 Å². The van der Waals surface area contributed by atoms with E-state index in [9.17, 15) is 14.0 Å². The summed E-state index contributed by atoms with van der Waals surface area (Å²) < 4.78 is 14.1. The number of carbonyl (C=O) groups is 2. The van der Waals surface area contributed by atoms with Crippen LogP contribution in [-0.2, 0) is 4.79 Å². The smallest absolute Gasteiger partial charge is 0.255 e. The molecular formula is C23H17Cl2FN2O2S. The van der Waals surface area contributed by atoms with Gasteiger partial charge in [-0.15, -0.1) is 11.8 Å². The lowest BCUT2D eigenvalue weighted by molar-refractivity contribution is -0.115. The molecule has 1 fully saturated rings. The number of carbonyl (C=O) groups excluding carboxylic acids is 2. The summed E-state index contributed by atoms with van der Waals surface area (Å²) >= 11 is 13.4. The van der Waals surface area contributed by atoms with E-state index >= 15 is 0 Å². The first-order valence-corrected chi connectivity index (χ1v) is 11.2. The SMILES string of the molecule is Cc1c(F)cccc1N1C(=O)CS[C@H]1c1cccc(NC(=O)c2ccc(Cl)c(Cl)c2)c1. The number of halogens is 3. The Morgan fingerprint density at radius 3 is 2.65 bits per heavy atom. The van der Waals surface area contributed by atoms with Gasteiger partial charge < -0.3 is 5.32 Å². The summed E-state index contributed by atoms with van der Waals surface area (Å²) in [5.74, 6) is -0.484. The average molecular weight is 475 g/mol. The van der Waals surface area contributed by atoms with E-state index in [1.807, 2.05) is 12.1 Å². The second-order valence-electron chi connectivity index (χ2n) is 7.02. The molecule has 0 saturated carbocycles. The molecule has 1 aliphatic heterocycles. The average Bonchev–Trinajstić information content (AvgIpc) is 3.13. The van der Waals surface area contributed by atoms with E-state index in [0.29, 0.717) is 38.3 Å². The number of rotatable bonds is 4. The summed E-state index contributed by atoms with van der Waals surface area (Å²) in [7, 11) is 0. The molecule has 8 heteroatoms. The molecule has 1 aliphatic rings. The van der Waals surface area contributed by atoms with Crippen LogP contribution < -0.4 is 10.2 Å². The van der Waals surface area contributed by atoms with E-state index in [4.69, 9.17) is 23.2 Å². The fourth-order valence-corrected chi connectivity index (χ4v) is 4.86. The van der Waals surface area contributed by atoms with Crippen LogP contribution in [0.1, 0.15) is 26.9 Å². The van der Waals surface area contributed by atoms with E-state index in [1.54, 1.807) is 48.2 Å². The Morgan fingerprint density at radius 1 is 1.10 bits per heavy atom. The molecule has 4 nitrogen and oxygen atoms in total. The molecule has 0 unspecified atom stereocenters. The zero-order valence-corrected chi connectivity index (χ0v) is 18.7. The molecule has 3 aromatic carbocycles. The van der Waals surface area contributed by atoms with E-state index in [2.05, 4.69) is 5.32 Å². The van der Waals surface area contributed by atoms with Gasteiger partial charge in [-0.1, -0.05) is 41.4 Å². The van der Waals surface area contributed by atoms with Crippen LogP contribution in [0.4, 0.5) is 15.8 Å². The normalized spacial score (nSPS) is 15.9. The summed E-state index contributed by atoms with van der Waals surface area (Å²) in [4.78, 5) is 26.8. The predicted molar refractivity (Wildman–Crippen MR) is 125 cm³/mol. The van der Waals surface area contributed by atoms with Crippen LogP contribution in [0, 0.1) is 12.7 Å². The van der Waals surface area contributed by atoms with Crippen molar-refractivity contribution in [2.45, 2.75) is 12.3 Å². The van der Waals surface area contributed by atoms with Gasteiger partial charge in [0, 0.05) is 16.8 Å². The van der Waals surface area contributed by atoms with Crippen molar-refractivity contribution in [1.82, 2.24) is 0 Å². The van der Waals surface area contributed by atoms with Crippen molar-refractivity contribution < 1.29 is 14.0 Å². The van der Waals surface area contributed by atoms with Crippen LogP contribution in [0.2, 0.25) is 10.0 Å². The molecule has 0 spiro atoms. The summed E-state index contributed by atoms with van der Waals surface area (Å²) in [6, 6.07) is 16.6. The highest BCUT2D eigenvalue weighted by molar-refractivity contribution is 8.00. The molecule has 31 heavy (non-hydrogen) atoms. The Hall–Kier alpha value is -2.54. The fourth-order valence-electron chi connectivity index (χ4n) is 3.40. The minimum absolute atomic E-state index is 0.0889. The highest BCUT2D eigenvalue weighted by Crippen LogP contribution is 2.43. The zero-order valence-electron chi connectivity index (χ0n) is 16.4. The Labute approximate surface area is 193 Å². The van der Waals surface area contributed by atoms with E-state index in [1.165, 1.54) is 23.9 Å². The first-order valence-electron chi connectivity index (χ1n) is 9.40. The van der Waals surface area contributed by atoms with Gasteiger partial charge in [0.1, 0.15) is 11.2 Å². The van der Waals surface area contributed by atoms with Gasteiger partial charge in [-0.3, -0.25) is 14.5 Å². The molecule has 0 aromatic heterocycles. The van der Waals surface area contributed by atoms with Crippen LogP contribution in [-0.4, -0.2) is 17.6 Å². The Bertz CT molecular complexity index is 1190. The number of nitrogens with one attached hydrogen (secondary N) is 1. The number of amides is 2. The number of anilines is 2. The molecule has 1 atom stereocenters. The van der Waals surface area contributed by atoms with Crippen LogP contribution in [0.5, 0.6) is 0 Å². The number of thioether (sulfide) groups is 1. The molecule has 3 aromatic rings. The van der Waals surface area contributed by atoms with Crippen LogP contribution in [0.25, 0.3) is 0 Å². The second kappa shape index (κ2) is 8.91. The van der Waals surface area contributed by atoms with Crippen LogP contribution >= 0.6 is 35.0 Å². The highest BCUT2D eigenvalue weighted by Gasteiger charge is 2.35. The van der Waals surface area contributed by atoms with Crippen molar-refractivity contribution in [3.8, 4) is 0 Å². The molecule has 0 bridgehead atoms. The summed E-state index contributed by atoms with van der Waals surface area (Å²) in [5, 5.41) is 3.18. The lowest BCUT2D eigenvalue weighted by Gasteiger charge is -2.26. The quantitative estimate of drug-likeness (QED) is 0.471. The summed E-state index contributed by atoms with van der Waals surface area (Å²) in [6.07, 6.45) is 0. The molecule has 0 radical (unpaired) electrons. The van der Waals surface area contributed by atoms with Crippen LogP contribution in [0.3, 0.4) is 0 Å². The maximum absolute atomic E-state index is 14.1. The Balaban J connectivity index is 1.61. The lowest BCUT2D eigenvalue weighted by atomic mass is 10.1. The minimum Gasteiger partial charge on any atom is -0.322 e. The van der Waals surface area contributed by atoms with E-state index < -0.39 is 0 Å². The van der Waals surface area contributed by atoms with Gasteiger partial charge in [0.2, 0.25) is 5.91 Å². The first kappa shape index (κ1) is 21.7. The van der Waals surface area contributed by atoms with Gasteiger partial charge >= 0.3 is 0 Å². The predicted octanol–water partition coefficient (Wildman–Crippen LogP) is 6.47. The maximum Gasteiger partial charge on any atom is 0.255 e. The Kier molecular flexibility index (Phi) is 6.23.